The van der Waals surface area contributed by atoms with Crippen molar-refractivity contribution in [2.24, 2.45) is 0 Å². The first-order valence-electron chi connectivity index (χ1n) is 6.75. The minimum absolute atomic E-state index is 0.0165. The molecule has 0 aliphatic carbocycles. The minimum atomic E-state index is 0.0165. The van der Waals surface area contributed by atoms with Crippen LogP contribution in [0.4, 0.5) is 0 Å². The average Bonchev–Trinajstić information content (AvgIpc) is 2.54. The molecule has 114 valence electrons. The Kier molecular flexibility index (Phi) is 4.86. The number of ether oxygens (including phenoxy) is 2. The van der Waals surface area contributed by atoms with E-state index in [4.69, 9.17) is 20.0 Å². The van der Waals surface area contributed by atoms with Gasteiger partial charge >= 0.3 is 0 Å². The highest BCUT2D eigenvalue weighted by molar-refractivity contribution is 5.64. The maximum atomic E-state index is 10.0. The first kappa shape index (κ1) is 15.9. The quantitative estimate of drug-likeness (QED) is 0.863. The summed E-state index contributed by atoms with van der Waals surface area (Å²) in [7, 11) is 1.48. The second kappa shape index (κ2) is 7.02. The number of rotatable bonds is 3. The third-order valence-corrected chi connectivity index (χ3v) is 3.12. The van der Waals surface area contributed by atoms with Gasteiger partial charge in [-0.15, -0.1) is 0 Å². The molecule has 1 aromatic carbocycles. The Morgan fingerprint density at radius 2 is 1.96 bits per heavy atom. The molecule has 0 saturated carbocycles. The molecule has 0 amide bonds. The Hall–Kier alpha value is -3.44. The fourth-order valence-corrected chi connectivity index (χ4v) is 2.05. The summed E-state index contributed by atoms with van der Waals surface area (Å²) < 4.78 is 10.6. The van der Waals surface area contributed by atoms with Crippen LogP contribution in [0.25, 0.3) is 6.08 Å². The van der Waals surface area contributed by atoms with Gasteiger partial charge in [0.1, 0.15) is 29.2 Å². The minimum Gasteiger partial charge on any atom is -0.504 e. The van der Waals surface area contributed by atoms with Gasteiger partial charge in [-0.2, -0.15) is 10.5 Å². The summed E-state index contributed by atoms with van der Waals surface area (Å²) >= 11 is 0. The number of para-hydroxylation sites is 1. The summed E-state index contributed by atoms with van der Waals surface area (Å²) in [6, 6.07) is 8.85. The van der Waals surface area contributed by atoms with Crippen LogP contribution in [-0.2, 0) is 4.74 Å². The number of nitrogens with zero attached hydrogens (tertiary/aromatic N) is 2. The Morgan fingerprint density at radius 3 is 2.61 bits per heavy atom. The van der Waals surface area contributed by atoms with E-state index in [0.29, 0.717) is 28.4 Å². The highest BCUT2D eigenvalue weighted by Crippen LogP contribution is 2.31. The van der Waals surface area contributed by atoms with E-state index in [2.05, 4.69) is 0 Å². The van der Waals surface area contributed by atoms with Crippen LogP contribution in [0.5, 0.6) is 11.5 Å². The molecule has 1 aromatic rings. The van der Waals surface area contributed by atoms with Gasteiger partial charge in [0.05, 0.1) is 7.11 Å². The van der Waals surface area contributed by atoms with Gasteiger partial charge in [0.25, 0.3) is 0 Å². The number of hydrogen-bond donors (Lipinski definition) is 1. The molecule has 0 fully saturated rings. The fraction of sp³-hybridized carbons (Fsp3) is 0.111. The predicted molar refractivity (Wildman–Crippen MR) is 84.9 cm³/mol. The SMILES string of the molecule is COc1cccc(C=CC2=CC(=C(C#N)C#N)C=C(C)O2)c1O. The van der Waals surface area contributed by atoms with Crippen molar-refractivity contribution in [2.45, 2.75) is 6.92 Å². The molecule has 5 nitrogen and oxygen atoms in total. The number of allylic oxidation sites excluding steroid dienone is 6. The smallest absolute Gasteiger partial charge is 0.165 e. The van der Waals surface area contributed by atoms with Crippen LogP contribution < -0.4 is 4.74 Å². The molecule has 5 heteroatoms. The van der Waals surface area contributed by atoms with E-state index < -0.39 is 0 Å². The van der Waals surface area contributed by atoms with Gasteiger partial charge in [-0.3, -0.25) is 0 Å². The molecule has 0 atom stereocenters. The van der Waals surface area contributed by atoms with Crippen molar-refractivity contribution in [1.29, 1.82) is 10.5 Å². The molecule has 1 aliphatic heterocycles. The van der Waals surface area contributed by atoms with E-state index in [1.165, 1.54) is 7.11 Å². The maximum Gasteiger partial charge on any atom is 0.165 e. The number of phenols is 1. The normalized spacial score (nSPS) is 13.5. The summed E-state index contributed by atoms with van der Waals surface area (Å²) in [5, 5.41) is 28.0. The Morgan fingerprint density at radius 1 is 1.22 bits per heavy atom. The van der Waals surface area contributed by atoms with Gasteiger partial charge in [0.15, 0.2) is 11.5 Å². The van der Waals surface area contributed by atoms with Gasteiger partial charge in [0.2, 0.25) is 0 Å². The molecule has 2 rings (SSSR count). The van der Waals surface area contributed by atoms with E-state index in [-0.39, 0.29) is 11.3 Å². The Labute approximate surface area is 134 Å². The largest absolute Gasteiger partial charge is 0.504 e. The van der Waals surface area contributed by atoms with Crippen molar-refractivity contribution in [1.82, 2.24) is 0 Å². The second-order valence-corrected chi connectivity index (χ2v) is 4.69. The zero-order valence-corrected chi connectivity index (χ0v) is 12.7. The summed E-state index contributed by atoms with van der Waals surface area (Å²) in [5.74, 6) is 1.43. The molecule has 0 spiro atoms. The average molecular weight is 306 g/mol. The number of nitriles is 2. The number of aromatic hydroxyl groups is 1. The molecule has 1 aliphatic rings. The molecule has 23 heavy (non-hydrogen) atoms. The van der Waals surface area contributed by atoms with Gasteiger partial charge in [-0.1, -0.05) is 12.1 Å². The first-order chi connectivity index (χ1) is 11.1. The maximum absolute atomic E-state index is 10.0. The molecule has 0 aromatic heterocycles. The number of phenolic OH excluding ortho intramolecular Hbond substituents is 1. The van der Waals surface area contributed by atoms with E-state index in [1.54, 1.807) is 49.4 Å². The van der Waals surface area contributed by atoms with Gasteiger partial charge < -0.3 is 14.6 Å². The van der Waals surface area contributed by atoms with Crippen molar-refractivity contribution in [3.05, 3.63) is 64.7 Å². The summed E-state index contributed by atoms with van der Waals surface area (Å²) in [6.07, 6.45) is 6.54. The number of hydrogen-bond acceptors (Lipinski definition) is 5. The molecule has 0 bridgehead atoms. The number of benzene rings is 1. The van der Waals surface area contributed by atoms with Crippen molar-refractivity contribution in [3.63, 3.8) is 0 Å². The van der Waals surface area contributed by atoms with Crippen molar-refractivity contribution >= 4 is 6.08 Å². The van der Waals surface area contributed by atoms with E-state index in [1.807, 2.05) is 12.1 Å². The zero-order chi connectivity index (χ0) is 16.8. The highest BCUT2D eigenvalue weighted by Gasteiger charge is 2.11. The number of methoxy groups -OCH3 is 1. The van der Waals surface area contributed by atoms with Crippen molar-refractivity contribution < 1.29 is 14.6 Å². The molecule has 1 N–H and O–H groups in total. The summed E-state index contributed by atoms with van der Waals surface area (Å²) in [6.45, 7) is 1.73. The molecule has 0 unspecified atom stereocenters. The van der Waals surface area contributed by atoms with Crippen LogP contribution in [0.1, 0.15) is 12.5 Å². The molecular weight excluding hydrogens is 292 g/mol. The van der Waals surface area contributed by atoms with Gasteiger partial charge in [-0.25, -0.2) is 0 Å². The fourth-order valence-electron chi connectivity index (χ4n) is 2.05. The molecule has 1 heterocycles. The lowest BCUT2D eigenvalue weighted by atomic mass is 10.1. The highest BCUT2D eigenvalue weighted by atomic mass is 16.5. The Balaban J connectivity index is 2.36. The third-order valence-electron chi connectivity index (χ3n) is 3.12. The lowest BCUT2D eigenvalue weighted by molar-refractivity contribution is 0.318. The molecule has 0 saturated heterocycles. The van der Waals surface area contributed by atoms with Crippen LogP contribution in [0.15, 0.2) is 59.1 Å². The van der Waals surface area contributed by atoms with E-state index in [9.17, 15) is 5.11 Å². The summed E-state index contributed by atoms with van der Waals surface area (Å²) in [4.78, 5) is 0. The van der Waals surface area contributed by atoms with E-state index in [0.717, 1.165) is 0 Å². The monoisotopic (exact) mass is 306 g/mol. The van der Waals surface area contributed by atoms with Crippen molar-refractivity contribution in [2.75, 3.05) is 7.11 Å². The predicted octanol–water partition coefficient (Wildman–Crippen LogP) is 3.58. The third kappa shape index (κ3) is 3.61. The Bertz CT molecular complexity index is 815. The lowest BCUT2D eigenvalue weighted by Crippen LogP contribution is -1.97. The van der Waals surface area contributed by atoms with Crippen LogP contribution >= 0.6 is 0 Å². The van der Waals surface area contributed by atoms with Crippen LogP contribution in [-0.4, -0.2) is 12.2 Å². The topological polar surface area (TPSA) is 86.3 Å². The first-order valence-corrected chi connectivity index (χ1v) is 6.75. The second-order valence-electron chi connectivity index (χ2n) is 4.69. The van der Waals surface area contributed by atoms with Gasteiger partial charge in [-0.05, 0) is 37.3 Å². The summed E-state index contributed by atoms with van der Waals surface area (Å²) in [5.41, 5.74) is 1.07. The van der Waals surface area contributed by atoms with E-state index >= 15 is 0 Å². The van der Waals surface area contributed by atoms with Gasteiger partial charge in [0, 0.05) is 11.1 Å². The molecule has 0 radical (unpaired) electrons. The molecular formula is C18H14N2O3. The zero-order valence-electron chi connectivity index (χ0n) is 12.7. The van der Waals surface area contributed by atoms with Crippen LogP contribution in [0.2, 0.25) is 0 Å². The van der Waals surface area contributed by atoms with Crippen LogP contribution in [0, 0.1) is 22.7 Å². The standard InChI is InChI=1S/C18H14N2O3/c1-12-8-14(15(10-19)11-20)9-16(23-12)7-6-13-4-3-5-17(22-2)18(13)21/h3-9,21H,1-2H3. The van der Waals surface area contributed by atoms with Crippen LogP contribution in [0.3, 0.4) is 0 Å². The lowest BCUT2D eigenvalue weighted by Gasteiger charge is -2.13. The van der Waals surface area contributed by atoms with Crippen molar-refractivity contribution in [3.8, 4) is 23.6 Å².